The Labute approximate surface area is 118 Å². The molecule has 2 aromatic heterocycles. The van der Waals surface area contributed by atoms with Gasteiger partial charge in [0.1, 0.15) is 17.6 Å². The molecule has 0 aliphatic heterocycles. The second kappa shape index (κ2) is 6.86. The standard InChI is InChI=1S/C15H18N2O3/c1-3-6-20-12-7-11(8-17-9-12)15(18)13-4-5-16-10-14(13)19-2/h4-5,7-10,15,18H,3,6H2,1-2H3. The van der Waals surface area contributed by atoms with E-state index < -0.39 is 6.10 Å². The van der Waals surface area contributed by atoms with Crippen LogP contribution >= 0.6 is 0 Å². The van der Waals surface area contributed by atoms with Crippen molar-refractivity contribution >= 4 is 0 Å². The molecule has 0 fully saturated rings. The zero-order valence-electron chi connectivity index (χ0n) is 11.6. The molecule has 5 nitrogen and oxygen atoms in total. The fraction of sp³-hybridized carbons (Fsp3) is 0.333. The summed E-state index contributed by atoms with van der Waals surface area (Å²) in [5.41, 5.74) is 1.31. The van der Waals surface area contributed by atoms with Crippen molar-refractivity contribution in [3.05, 3.63) is 48.0 Å². The minimum absolute atomic E-state index is 0.542. The predicted molar refractivity (Wildman–Crippen MR) is 74.9 cm³/mol. The van der Waals surface area contributed by atoms with Crippen molar-refractivity contribution in [2.24, 2.45) is 0 Å². The van der Waals surface area contributed by atoms with Crippen molar-refractivity contribution in [3.8, 4) is 11.5 Å². The number of nitrogens with zero attached hydrogens (tertiary/aromatic N) is 2. The third-order valence-electron chi connectivity index (χ3n) is 2.85. The number of aliphatic hydroxyl groups is 1. The van der Waals surface area contributed by atoms with Gasteiger partial charge in [-0.25, -0.2) is 0 Å². The summed E-state index contributed by atoms with van der Waals surface area (Å²) in [5, 5.41) is 10.5. The molecule has 0 bridgehead atoms. The van der Waals surface area contributed by atoms with Crippen molar-refractivity contribution in [2.75, 3.05) is 13.7 Å². The van der Waals surface area contributed by atoms with Crippen LogP contribution in [0, 0.1) is 0 Å². The largest absolute Gasteiger partial charge is 0.495 e. The monoisotopic (exact) mass is 274 g/mol. The molecule has 0 saturated heterocycles. The molecule has 0 spiro atoms. The average Bonchev–Trinajstić information content (AvgIpc) is 2.52. The summed E-state index contributed by atoms with van der Waals surface area (Å²) < 4.78 is 10.7. The molecule has 1 atom stereocenters. The molecule has 2 aromatic rings. The van der Waals surface area contributed by atoms with Gasteiger partial charge < -0.3 is 14.6 Å². The molecule has 1 N–H and O–H groups in total. The van der Waals surface area contributed by atoms with Crippen molar-refractivity contribution in [3.63, 3.8) is 0 Å². The summed E-state index contributed by atoms with van der Waals surface area (Å²) in [6.45, 7) is 2.66. The van der Waals surface area contributed by atoms with E-state index in [1.54, 1.807) is 44.0 Å². The van der Waals surface area contributed by atoms with Crippen LogP contribution in [0.3, 0.4) is 0 Å². The number of aromatic nitrogens is 2. The maximum atomic E-state index is 10.5. The zero-order chi connectivity index (χ0) is 14.4. The van der Waals surface area contributed by atoms with Gasteiger partial charge in [-0.1, -0.05) is 6.92 Å². The van der Waals surface area contributed by atoms with Crippen LogP contribution in [0.4, 0.5) is 0 Å². The maximum Gasteiger partial charge on any atom is 0.143 e. The van der Waals surface area contributed by atoms with E-state index in [-0.39, 0.29) is 0 Å². The molecule has 0 saturated carbocycles. The lowest BCUT2D eigenvalue weighted by Gasteiger charge is -2.15. The number of aliphatic hydroxyl groups excluding tert-OH is 1. The molecule has 1 unspecified atom stereocenters. The van der Waals surface area contributed by atoms with Gasteiger partial charge in [-0.15, -0.1) is 0 Å². The van der Waals surface area contributed by atoms with E-state index in [0.29, 0.717) is 29.2 Å². The van der Waals surface area contributed by atoms with Crippen LogP contribution in [0.25, 0.3) is 0 Å². The van der Waals surface area contributed by atoms with Crippen LogP contribution in [0.15, 0.2) is 36.9 Å². The minimum Gasteiger partial charge on any atom is -0.495 e. The van der Waals surface area contributed by atoms with E-state index in [2.05, 4.69) is 9.97 Å². The Hall–Kier alpha value is -2.14. The fourth-order valence-corrected chi connectivity index (χ4v) is 1.85. The Bertz CT molecular complexity index is 560. The summed E-state index contributed by atoms with van der Waals surface area (Å²) >= 11 is 0. The highest BCUT2D eigenvalue weighted by molar-refractivity contribution is 5.39. The Morgan fingerprint density at radius 2 is 2.10 bits per heavy atom. The van der Waals surface area contributed by atoms with Crippen molar-refractivity contribution in [1.29, 1.82) is 0 Å². The highest BCUT2D eigenvalue weighted by Crippen LogP contribution is 2.29. The first-order valence-electron chi connectivity index (χ1n) is 6.50. The molecule has 5 heteroatoms. The molecule has 0 radical (unpaired) electrons. The lowest BCUT2D eigenvalue weighted by atomic mass is 10.0. The number of hydrogen-bond donors (Lipinski definition) is 1. The van der Waals surface area contributed by atoms with Crippen LogP contribution in [-0.2, 0) is 0 Å². The Kier molecular flexibility index (Phi) is 4.90. The topological polar surface area (TPSA) is 64.5 Å². The zero-order valence-corrected chi connectivity index (χ0v) is 11.6. The molecule has 0 aliphatic carbocycles. The highest BCUT2D eigenvalue weighted by atomic mass is 16.5. The van der Waals surface area contributed by atoms with Gasteiger partial charge in [0.05, 0.1) is 26.1 Å². The minimum atomic E-state index is -0.828. The maximum absolute atomic E-state index is 10.5. The summed E-state index contributed by atoms with van der Waals surface area (Å²) in [5.74, 6) is 1.19. The van der Waals surface area contributed by atoms with Gasteiger partial charge in [-0.3, -0.25) is 9.97 Å². The van der Waals surface area contributed by atoms with E-state index in [9.17, 15) is 5.11 Å². The fourth-order valence-electron chi connectivity index (χ4n) is 1.85. The Morgan fingerprint density at radius 3 is 2.85 bits per heavy atom. The third-order valence-corrected chi connectivity index (χ3v) is 2.85. The third kappa shape index (κ3) is 3.24. The van der Waals surface area contributed by atoms with Crippen LogP contribution in [-0.4, -0.2) is 28.8 Å². The van der Waals surface area contributed by atoms with Crippen LogP contribution in [0.5, 0.6) is 11.5 Å². The lowest BCUT2D eigenvalue weighted by Crippen LogP contribution is -2.04. The molecular weight excluding hydrogens is 256 g/mol. The highest BCUT2D eigenvalue weighted by Gasteiger charge is 2.16. The summed E-state index contributed by atoms with van der Waals surface area (Å²) in [7, 11) is 1.55. The van der Waals surface area contributed by atoms with E-state index >= 15 is 0 Å². The molecule has 2 heterocycles. The second-order valence-corrected chi connectivity index (χ2v) is 4.32. The first-order valence-corrected chi connectivity index (χ1v) is 6.50. The van der Waals surface area contributed by atoms with Gasteiger partial charge >= 0.3 is 0 Å². The van der Waals surface area contributed by atoms with Crippen LogP contribution in [0.2, 0.25) is 0 Å². The second-order valence-electron chi connectivity index (χ2n) is 4.32. The van der Waals surface area contributed by atoms with E-state index in [0.717, 1.165) is 6.42 Å². The van der Waals surface area contributed by atoms with Gasteiger partial charge in [-0.05, 0) is 18.6 Å². The van der Waals surface area contributed by atoms with Crippen molar-refractivity contribution in [1.82, 2.24) is 9.97 Å². The SMILES string of the molecule is CCCOc1cncc(C(O)c2ccncc2OC)c1. The Morgan fingerprint density at radius 1 is 1.25 bits per heavy atom. The number of hydrogen-bond acceptors (Lipinski definition) is 5. The quantitative estimate of drug-likeness (QED) is 0.876. The van der Waals surface area contributed by atoms with Crippen LogP contribution in [0.1, 0.15) is 30.6 Å². The first kappa shape index (κ1) is 14.3. The van der Waals surface area contributed by atoms with Gasteiger partial charge in [0.25, 0.3) is 0 Å². The molecule has 106 valence electrons. The van der Waals surface area contributed by atoms with E-state index in [1.165, 1.54) is 0 Å². The van der Waals surface area contributed by atoms with Crippen molar-refractivity contribution in [2.45, 2.75) is 19.4 Å². The number of rotatable bonds is 6. The molecular formula is C15H18N2O3. The van der Waals surface area contributed by atoms with Gasteiger partial charge in [0.2, 0.25) is 0 Å². The molecule has 0 aliphatic rings. The normalized spacial score (nSPS) is 11.9. The average molecular weight is 274 g/mol. The van der Waals surface area contributed by atoms with Gasteiger partial charge in [0, 0.05) is 23.5 Å². The first-order chi connectivity index (χ1) is 9.76. The van der Waals surface area contributed by atoms with Gasteiger partial charge in [0.15, 0.2) is 0 Å². The molecule has 2 rings (SSSR count). The number of methoxy groups -OCH3 is 1. The number of pyridine rings is 2. The smallest absolute Gasteiger partial charge is 0.143 e. The summed E-state index contributed by atoms with van der Waals surface area (Å²) in [4.78, 5) is 8.07. The summed E-state index contributed by atoms with van der Waals surface area (Å²) in [6.07, 6.45) is 6.53. The Balaban J connectivity index is 2.26. The molecule has 0 amide bonds. The van der Waals surface area contributed by atoms with E-state index in [1.807, 2.05) is 6.92 Å². The van der Waals surface area contributed by atoms with Crippen LogP contribution < -0.4 is 9.47 Å². The lowest BCUT2D eigenvalue weighted by molar-refractivity contribution is 0.213. The van der Waals surface area contributed by atoms with Crippen molar-refractivity contribution < 1.29 is 14.6 Å². The molecule has 0 aromatic carbocycles. The number of ether oxygens (including phenoxy) is 2. The predicted octanol–water partition coefficient (Wildman–Crippen LogP) is 2.36. The summed E-state index contributed by atoms with van der Waals surface area (Å²) in [6, 6.07) is 3.51. The van der Waals surface area contributed by atoms with Gasteiger partial charge in [-0.2, -0.15) is 0 Å². The van der Waals surface area contributed by atoms with E-state index in [4.69, 9.17) is 9.47 Å². The molecule has 20 heavy (non-hydrogen) atoms.